The quantitative estimate of drug-likeness (QED) is 0.264. The predicted molar refractivity (Wildman–Crippen MR) is 145 cm³/mol. The molecule has 3 N–H and O–H groups in total. The number of anilines is 2. The molecule has 0 saturated heterocycles. The zero-order valence-corrected chi connectivity index (χ0v) is 22.2. The molecule has 0 aliphatic carbocycles. The van der Waals surface area contributed by atoms with Crippen LogP contribution in [0.15, 0.2) is 83.1 Å². The van der Waals surface area contributed by atoms with Crippen LogP contribution >= 0.6 is 23.2 Å². The highest BCUT2D eigenvalue weighted by Gasteiger charge is 2.38. The second kappa shape index (κ2) is 13.6. The Morgan fingerprint density at radius 3 is 2.30 bits per heavy atom. The lowest BCUT2D eigenvalue weighted by Gasteiger charge is -2.15. The molecule has 0 aliphatic heterocycles. The molecule has 40 heavy (non-hydrogen) atoms. The maximum atomic E-state index is 13.3. The Bertz CT molecular complexity index is 1540. The fourth-order valence-corrected chi connectivity index (χ4v) is 3.20. The van der Waals surface area contributed by atoms with Crippen molar-refractivity contribution in [2.45, 2.75) is 19.6 Å². The van der Waals surface area contributed by atoms with Crippen molar-refractivity contribution < 1.29 is 22.7 Å². The van der Waals surface area contributed by atoms with Crippen LogP contribution in [0.25, 0.3) is 0 Å². The van der Waals surface area contributed by atoms with Gasteiger partial charge in [0, 0.05) is 16.8 Å². The van der Waals surface area contributed by atoms with Crippen molar-refractivity contribution in [1.29, 1.82) is 0 Å². The Hall–Kier alpha value is -4.42. The SMILES string of the molecule is C/C=C/Cl.NC(=O)c1cccc(Oc2ccc(Nc3nnc(C(F)(F)F)c(=O)n3Cc3ccc(Cl)cc3)cc2)n1. The molecule has 0 saturated carbocycles. The minimum atomic E-state index is -4.97. The maximum Gasteiger partial charge on any atom is 0.440 e. The third-order valence-electron chi connectivity index (χ3n) is 4.91. The highest BCUT2D eigenvalue weighted by Crippen LogP contribution is 2.26. The van der Waals surface area contributed by atoms with Gasteiger partial charge in [-0.3, -0.25) is 14.2 Å². The molecule has 2 heterocycles. The summed E-state index contributed by atoms with van der Waals surface area (Å²) in [6, 6.07) is 17.0. The van der Waals surface area contributed by atoms with Crippen LogP contribution in [0, 0.1) is 0 Å². The number of halogens is 5. The average Bonchev–Trinajstić information content (AvgIpc) is 2.92. The van der Waals surface area contributed by atoms with E-state index in [1.807, 2.05) is 6.92 Å². The number of alkyl halides is 3. The number of benzene rings is 2. The van der Waals surface area contributed by atoms with Crippen molar-refractivity contribution in [2.75, 3.05) is 5.32 Å². The van der Waals surface area contributed by atoms with E-state index in [4.69, 9.17) is 33.7 Å². The van der Waals surface area contributed by atoms with Gasteiger partial charge in [-0.25, -0.2) is 4.98 Å². The van der Waals surface area contributed by atoms with E-state index in [0.29, 0.717) is 22.0 Å². The Labute approximate surface area is 236 Å². The first kappa shape index (κ1) is 30.1. The van der Waals surface area contributed by atoms with Crippen molar-refractivity contribution in [1.82, 2.24) is 19.7 Å². The Morgan fingerprint density at radius 1 is 1.07 bits per heavy atom. The smallest absolute Gasteiger partial charge is 0.439 e. The molecule has 0 unspecified atom stereocenters. The van der Waals surface area contributed by atoms with Gasteiger partial charge in [-0.15, -0.1) is 10.2 Å². The lowest BCUT2D eigenvalue weighted by Crippen LogP contribution is -2.33. The topological polar surface area (TPSA) is 125 Å². The van der Waals surface area contributed by atoms with Crippen molar-refractivity contribution in [2.24, 2.45) is 5.73 Å². The van der Waals surface area contributed by atoms with Crippen LogP contribution in [0.3, 0.4) is 0 Å². The van der Waals surface area contributed by atoms with Gasteiger partial charge in [-0.1, -0.05) is 47.5 Å². The number of nitrogens with two attached hydrogens (primary N) is 1. The molecule has 0 fully saturated rings. The van der Waals surface area contributed by atoms with Crippen molar-refractivity contribution in [3.63, 3.8) is 0 Å². The molecular formula is C26H21Cl2F3N6O3. The van der Waals surface area contributed by atoms with E-state index in [-0.39, 0.29) is 24.1 Å². The predicted octanol–water partition coefficient (Wildman–Crippen LogP) is 6.15. The van der Waals surface area contributed by atoms with Gasteiger partial charge in [0.05, 0.1) is 6.54 Å². The van der Waals surface area contributed by atoms with Crippen LogP contribution in [0.1, 0.15) is 28.7 Å². The largest absolute Gasteiger partial charge is 0.440 e. The first-order valence-corrected chi connectivity index (χ1v) is 12.2. The Kier molecular flexibility index (Phi) is 10.2. The van der Waals surface area contributed by atoms with E-state index < -0.39 is 23.3 Å². The first-order chi connectivity index (χ1) is 19.0. The summed E-state index contributed by atoms with van der Waals surface area (Å²) in [6.07, 6.45) is -3.20. The van der Waals surface area contributed by atoms with Crippen LogP contribution in [0.2, 0.25) is 5.02 Å². The van der Waals surface area contributed by atoms with Gasteiger partial charge in [-0.2, -0.15) is 13.2 Å². The van der Waals surface area contributed by atoms with Gasteiger partial charge in [0.25, 0.3) is 11.5 Å². The molecule has 2 aromatic heterocycles. The molecule has 0 aliphatic rings. The van der Waals surface area contributed by atoms with E-state index >= 15 is 0 Å². The number of allylic oxidation sites excluding steroid dienone is 1. The second-order valence-corrected chi connectivity index (χ2v) is 8.51. The normalized spacial score (nSPS) is 11.1. The molecule has 9 nitrogen and oxygen atoms in total. The fourth-order valence-electron chi connectivity index (χ4n) is 3.07. The molecule has 1 amide bonds. The number of aromatic nitrogens is 4. The molecular weight excluding hydrogens is 572 g/mol. The van der Waals surface area contributed by atoms with Crippen LogP contribution < -0.4 is 21.3 Å². The maximum absolute atomic E-state index is 13.3. The fraction of sp³-hybridized carbons (Fsp3) is 0.115. The van der Waals surface area contributed by atoms with E-state index in [1.54, 1.807) is 60.7 Å². The number of carbonyl (C=O) groups is 1. The summed E-state index contributed by atoms with van der Waals surface area (Å²) < 4.78 is 46.2. The van der Waals surface area contributed by atoms with E-state index in [2.05, 4.69) is 20.5 Å². The first-order valence-electron chi connectivity index (χ1n) is 11.3. The Balaban J connectivity index is 0.00000103. The summed E-state index contributed by atoms with van der Waals surface area (Å²) in [6.45, 7) is 1.66. The average molecular weight is 593 g/mol. The second-order valence-electron chi connectivity index (χ2n) is 7.82. The number of nitrogens with zero attached hydrogens (tertiary/aromatic N) is 4. The molecule has 0 spiro atoms. The molecule has 14 heteroatoms. The number of ether oxygens (including phenoxy) is 1. The van der Waals surface area contributed by atoms with Gasteiger partial charge in [0.2, 0.25) is 17.5 Å². The van der Waals surface area contributed by atoms with E-state index in [9.17, 15) is 22.8 Å². The third kappa shape index (κ3) is 8.29. The van der Waals surface area contributed by atoms with Crippen molar-refractivity contribution in [3.8, 4) is 11.6 Å². The van der Waals surface area contributed by atoms with Gasteiger partial charge < -0.3 is 15.8 Å². The van der Waals surface area contributed by atoms with E-state index in [0.717, 1.165) is 4.57 Å². The lowest BCUT2D eigenvalue weighted by atomic mass is 10.2. The number of nitrogens with one attached hydrogen (secondary N) is 1. The van der Waals surface area contributed by atoms with Gasteiger partial charge >= 0.3 is 6.18 Å². The number of pyridine rings is 1. The van der Waals surface area contributed by atoms with Gasteiger partial charge in [0.15, 0.2) is 0 Å². The number of primary amides is 1. The minimum Gasteiger partial charge on any atom is -0.439 e. The number of amides is 1. The van der Waals surface area contributed by atoms with Crippen LogP contribution in [0.4, 0.5) is 24.8 Å². The summed E-state index contributed by atoms with van der Waals surface area (Å²) in [5.41, 5.74) is 4.65. The minimum absolute atomic E-state index is 0.0327. The molecule has 0 atom stereocenters. The van der Waals surface area contributed by atoms with Gasteiger partial charge in [0.1, 0.15) is 11.4 Å². The van der Waals surface area contributed by atoms with Crippen LogP contribution in [-0.2, 0) is 12.7 Å². The molecule has 0 radical (unpaired) electrons. The molecule has 4 rings (SSSR count). The standard InChI is InChI=1S/C23H16ClF3N6O3.C3H5Cl/c24-14-6-4-13(5-7-14)12-33-21(35)19(23(25,26)27)31-32-22(33)29-15-8-10-16(11-9-15)36-18-3-1-2-17(30-18)20(28)34;1-2-3-4/h1-11H,12H2,(H2,28,34)(H,29,32);2-3H,1H3/b;3-2+. The molecule has 2 aromatic carbocycles. The van der Waals surface area contributed by atoms with Crippen molar-refractivity contribution >= 4 is 40.7 Å². The highest BCUT2D eigenvalue weighted by atomic mass is 35.5. The molecule has 208 valence electrons. The van der Waals surface area contributed by atoms with Crippen LogP contribution in [-0.4, -0.2) is 25.7 Å². The van der Waals surface area contributed by atoms with Crippen molar-refractivity contribution in [3.05, 3.63) is 111 Å². The van der Waals surface area contributed by atoms with E-state index in [1.165, 1.54) is 17.7 Å². The van der Waals surface area contributed by atoms with Gasteiger partial charge in [-0.05, 0) is 60.5 Å². The Morgan fingerprint density at radius 2 is 1.73 bits per heavy atom. The molecule has 0 bridgehead atoms. The third-order valence-corrected chi connectivity index (χ3v) is 5.41. The summed E-state index contributed by atoms with van der Waals surface area (Å²) in [7, 11) is 0. The monoisotopic (exact) mass is 592 g/mol. The summed E-state index contributed by atoms with van der Waals surface area (Å²) in [4.78, 5) is 27.9. The highest BCUT2D eigenvalue weighted by molar-refractivity contribution is 6.30. The number of carbonyl (C=O) groups excluding carboxylic acids is 1. The van der Waals surface area contributed by atoms with Crippen LogP contribution in [0.5, 0.6) is 11.6 Å². The zero-order chi connectivity index (χ0) is 29.3. The summed E-state index contributed by atoms with van der Waals surface area (Å²) in [5, 5.41) is 9.94. The molecule has 4 aromatic rings. The number of hydrogen-bond acceptors (Lipinski definition) is 7. The lowest BCUT2D eigenvalue weighted by molar-refractivity contribution is -0.143. The summed E-state index contributed by atoms with van der Waals surface area (Å²) >= 11 is 10.9. The number of hydrogen-bond donors (Lipinski definition) is 2. The summed E-state index contributed by atoms with van der Waals surface area (Å²) in [5.74, 6) is -0.418. The zero-order valence-electron chi connectivity index (χ0n) is 20.7. The number of rotatable bonds is 7.